The Morgan fingerprint density at radius 3 is 1.69 bits per heavy atom. The van der Waals surface area contributed by atoms with Crippen LogP contribution in [0.5, 0.6) is 0 Å². The van der Waals surface area contributed by atoms with Crippen LogP contribution < -0.4 is 10.6 Å². The number of hydrogen-bond donors (Lipinski definition) is 4. The van der Waals surface area contributed by atoms with Gasteiger partial charge in [0.1, 0.15) is 35.1 Å². The average Bonchev–Trinajstić information content (AvgIpc) is 4.12. The number of carbonyl (C=O) groups is 4. The second-order valence-electron chi connectivity index (χ2n) is 15.7. The van der Waals surface area contributed by atoms with Crippen LogP contribution in [0.4, 0.5) is 9.59 Å². The van der Waals surface area contributed by atoms with Crippen molar-refractivity contribution in [1.29, 1.82) is 0 Å². The quantitative estimate of drug-likeness (QED) is 0.0923. The minimum Gasteiger partial charge on any atom is -0.456 e. The fraction of sp³-hybridized carbons (Fsp3) is 0.455. The Bertz CT molecular complexity index is 2280. The summed E-state index contributed by atoms with van der Waals surface area (Å²) in [6, 6.07) is 14.3. The number of likely N-dealkylation sites (tertiary alicyclic amines) is 2. The molecule has 4 N–H and O–H groups in total. The van der Waals surface area contributed by atoms with Gasteiger partial charge in [0, 0.05) is 29.6 Å². The molecule has 7 rings (SSSR count). The number of rotatable bonds is 13. The molecule has 0 unspecified atom stereocenters. The number of nitrogens with zero attached hydrogens (tertiary/aromatic N) is 4. The van der Waals surface area contributed by atoms with Gasteiger partial charge < -0.3 is 44.3 Å². The maximum Gasteiger partial charge on any atom is 0.407 e. The standard InChI is InChI=1S/C44H54N8O7/c1-7-25(3)37(49-43(55)57-5)41(53)51-19-9-11-33(51)39-45-23-31(47-39)27-13-15-28(16-14-27)36-22-30-21-29(17-18-35(30)59-36)32-24-46-40(48-32)34-12-10-20-52(34)42(54)38(26(4)8-2)50-44(56)58-6/h13-18,21-26,33-34,37-38H,7-12,19-20H2,1-6H3,(H,45,47)(H,46,48)(H,49,55)(H,50,56)/t25-,26-,33+,34+,37+,38-/m1/s1. The summed E-state index contributed by atoms with van der Waals surface area (Å²) in [5, 5.41) is 6.43. The van der Waals surface area contributed by atoms with Gasteiger partial charge in [0.2, 0.25) is 11.8 Å². The Kier molecular flexibility index (Phi) is 12.4. The second-order valence-corrected chi connectivity index (χ2v) is 15.7. The van der Waals surface area contributed by atoms with Crippen LogP contribution in [0.15, 0.2) is 65.3 Å². The molecule has 5 heterocycles. The number of ether oxygens (including phenoxy) is 2. The van der Waals surface area contributed by atoms with E-state index in [-0.39, 0.29) is 35.7 Å². The summed E-state index contributed by atoms with van der Waals surface area (Å²) >= 11 is 0. The van der Waals surface area contributed by atoms with E-state index in [1.54, 1.807) is 12.4 Å². The van der Waals surface area contributed by atoms with E-state index >= 15 is 0 Å². The summed E-state index contributed by atoms with van der Waals surface area (Å²) in [5.41, 5.74) is 5.22. The number of alkyl carbamates (subject to hydrolysis) is 2. The van der Waals surface area contributed by atoms with Crippen LogP contribution in [0, 0.1) is 11.8 Å². The van der Waals surface area contributed by atoms with Crippen LogP contribution in [0.1, 0.15) is 90.0 Å². The maximum atomic E-state index is 13.7. The highest BCUT2D eigenvalue weighted by atomic mass is 16.5. The first-order chi connectivity index (χ1) is 28.5. The van der Waals surface area contributed by atoms with Crippen molar-refractivity contribution in [1.82, 2.24) is 40.4 Å². The van der Waals surface area contributed by atoms with Crippen LogP contribution in [0.3, 0.4) is 0 Å². The van der Waals surface area contributed by atoms with Crippen molar-refractivity contribution in [2.75, 3.05) is 27.3 Å². The van der Waals surface area contributed by atoms with E-state index in [1.807, 2.05) is 80.0 Å². The zero-order chi connectivity index (χ0) is 41.8. The Labute approximate surface area is 343 Å². The Hall–Kier alpha value is -6.12. The lowest BCUT2D eigenvalue weighted by molar-refractivity contribution is -0.136. The second kappa shape index (κ2) is 17.8. The number of hydrogen-bond acceptors (Lipinski definition) is 9. The molecule has 6 atom stereocenters. The summed E-state index contributed by atoms with van der Waals surface area (Å²) in [4.78, 5) is 71.6. The van der Waals surface area contributed by atoms with Crippen LogP contribution in [-0.2, 0) is 19.1 Å². The molecule has 0 bridgehead atoms. The Morgan fingerprint density at radius 2 is 1.20 bits per heavy atom. The molecular formula is C44H54N8O7. The molecule has 2 aliphatic rings. The largest absolute Gasteiger partial charge is 0.456 e. The van der Waals surface area contributed by atoms with Gasteiger partial charge in [0.05, 0.1) is 50.1 Å². The number of fused-ring (bicyclic) bond motifs is 1. The zero-order valence-corrected chi connectivity index (χ0v) is 34.5. The van der Waals surface area contributed by atoms with Gasteiger partial charge in [-0.05, 0) is 67.3 Å². The van der Waals surface area contributed by atoms with E-state index in [2.05, 4.69) is 26.7 Å². The van der Waals surface area contributed by atoms with E-state index < -0.39 is 24.3 Å². The van der Waals surface area contributed by atoms with Gasteiger partial charge in [-0.2, -0.15) is 0 Å². The van der Waals surface area contributed by atoms with Crippen molar-refractivity contribution in [2.24, 2.45) is 11.8 Å². The van der Waals surface area contributed by atoms with Gasteiger partial charge in [0.25, 0.3) is 0 Å². The molecule has 4 amide bonds. The normalized spacial score (nSPS) is 18.7. The number of H-pyrrole nitrogens is 2. The SMILES string of the molecule is CC[C@@H](C)[C@H](NC(=O)OC)C(=O)N1CCC[C@H]1c1ncc(-c2ccc(-c3cc4cc(-c5cnc([C@@H]6CCCN6C(=O)[C@H](NC(=O)OC)[C@H](C)CC)[nH]5)ccc4o3)cc2)[nH]1. The highest BCUT2D eigenvalue weighted by Gasteiger charge is 2.39. The minimum absolute atomic E-state index is 0.0618. The molecule has 2 aliphatic heterocycles. The number of methoxy groups -OCH3 is 2. The van der Waals surface area contributed by atoms with Crippen molar-refractivity contribution >= 4 is 35.0 Å². The minimum atomic E-state index is -0.686. The van der Waals surface area contributed by atoms with Gasteiger partial charge in [0.15, 0.2) is 0 Å². The van der Waals surface area contributed by atoms with E-state index in [0.29, 0.717) is 24.7 Å². The zero-order valence-electron chi connectivity index (χ0n) is 34.5. The molecule has 2 aromatic carbocycles. The first-order valence-electron chi connectivity index (χ1n) is 20.6. The predicted octanol–water partition coefficient (Wildman–Crippen LogP) is 7.75. The number of amides is 4. The summed E-state index contributed by atoms with van der Waals surface area (Å²) < 4.78 is 15.9. The number of nitrogens with one attached hydrogen (secondary N) is 4. The van der Waals surface area contributed by atoms with Crippen molar-refractivity contribution < 1.29 is 33.1 Å². The lowest BCUT2D eigenvalue weighted by Crippen LogP contribution is -2.51. The number of aromatic amines is 2. The van der Waals surface area contributed by atoms with Gasteiger partial charge >= 0.3 is 12.2 Å². The molecule has 0 radical (unpaired) electrons. The molecular weight excluding hydrogens is 753 g/mol. The molecule has 15 nitrogen and oxygen atoms in total. The lowest BCUT2D eigenvalue weighted by atomic mass is 9.97. The molecule has 15 heteroatoms. The first-order valence-corrected chi connectivity index (χ1v) is 20.6. The fourth-order valence-corrected chi connectivity index (χ4v) is 8.20. The van der Waals surface area contributed by atoms with Crippen LogP contribution >= 0.6 is 0 Å². The van der Waals surface area contributed by atoms with E-state index in [1.165, 1.54) is 14.2 Å². The highest BCUT2D eigenvalue weighted by Crippen LogP contribution is 2.36. The van der Waals surface area contributed by atoms with E-state index in [9.17, 15) is 19.2 Å². The fourth-order valence-electron chi connectivity index (χ4n) is 8.20. The van der Waals surface area contributed by atoms with Gasteiger partial charge in [-0.25, -0.2) is 19.6 Å². The summed E-state index contributed by atoms with van der Waals surface area (Å²) in [5.74, 6) is 1.76. The Balaban J connectivity index is 1.03. The smallest absolute Gasteiger partial charge is 0.407 e. The molecule has 0 saturated carbocycles. The van der Waals surface area contributed by atoms with Crippen LogP contribution in [0.2, 0.25) is 0 Å². The maximum absolute atomic E-state index is 13.7. The molecule has 5 aromatic rings. The number of benzene rings is 2. The topological polar surface area (TPSA) is 188 Å². The van der Waals surface area contributed by atoms with Gasteiger partial charge in [-0.15, -0.1) is 0 Å². The van der Waals surface area contributed by atoms with Gasteiger partial charge in [-0.3, -0.25) is 9.59 Å². The van der Waals surface area contributed by atoms with Crippen LogP contribution in [0.25, 0.3) is 44.8 Å². The van der Waals surface area contributed by atoms with Crippen molar-refractivity contribution in [3.8, 4) is 33.8 Å². The molecule has 0 aliphatic carbocycles. The third kappa shape index (κ3) is 8.55. The number of furan rings is 1. The monoisotopic (exact) mass is 806 g/mol. The van der Waals surface area contributed by atoms with Crippen molar-refractivity contribution in [3.05, 3.63) is 72.6 Å². The summed E-state index contributed by atoms with van der Waals surface area (Å²) in [6.07, 6.45) is 7.03. The van der Waals surface area contributed by atoms with E-state index in [0.717, 1.165) is 83.3 Å². The molecule has 2 saturated heterocycles. The third-order valence-electron chi connectivity index (χ3n) is 12.1. The summed E-state index contributed by atoms with van der Waals surface area (Å²) in [7, 11) is 2.59. The molecule has 312 valence electrons. The van der Waals surface area contributed by atoms with Crippen LogP contribution in [-0.4, -0.2) is 93.1 Å². The molecule has 2 fully saturated rings. The Morgan fingerprint density at radius 1 is 0.729 bits per heavy atom. The first kappa shape index (κ1) is 41.1. The number of imidazole rings is 2. The van der Waals surface area contributed by atoms with Gasteiger partial charge in [-0.1, -0.05) is 64.8 Å². The highest BCUT2D eigenvalue weighted by molar-refractivity contribution is 5.88. The third-order valence-corrected chi connectivity index (χ3v) is 12.1. The molecule has 0 spiro atoms. The summed E-state index contributed by atoms with van der Waals surface area (Å²) in [6.45, 7) is 9.07. The number of carbonyl (C=O) groups excluding carboxylic acids is 4. The van der Waals surface area contributed by atoms with Crippen molar-refractivity contribution in [3.63, 3.8) is 0 Å². The molecule has 59 heavy (non-hydrogen) atoms. The average molecular weight is 807 g/mol. The lowest BCUT2D eigenvalue weighted by Gasteiger charge is -2.30. The molecule has 3 aromatic heterocycles. The van der Waals surface area contributed by atoms with Crippen molar-refractivity contribution in [2.45, 2.75) is 90.4 Å². The number of aromatic nitrogens is 4. The predicted molar refractivity (Wildman–Crippen MR) is 222 cm³/mol. The van der Waals surface area contributed by atoms with E-state index in [4.69, 9.17) is 23.9 Å².